The molecule has 2 aliphatic heterocycles. The summed E-state index contributed by atoms with van der Waals surface area (Å²) >= 11 is 1.17. The number of piperidine rings is 1. The lowest BCUT2D eigenvalue weighted by molar-refractivity contribution is -0.157. The van der Waals surface area contributed by atoms with Crippen molar-refractivity contribution < 1.29 is 27.2 Å². The van der Waals surface area contributed by atoms with Crippen LogP contribution in [0.25, 0.3) is 5.70 Å². The number of hydrazine groups is 1. The fourth-order valence-corrected chi connectivity index (χ4v) is 7.05. The Bertz CT molecular complexity index is 1370. The molecule has 0 unspecified atom stereocenters. The van der Waals surface area contributed by atoms with Crippen molar-refractivity contribution in [3.8, 4) is 0 Å². The predicted octanol–water partition coefficient (Wildman–Crippen LogP) is 3.72. The molecule has 0 saturated carbocycles. The van der Waals surface area contributed by atoms with Crippen molar-refractivity contribution in [1.29, 1.82) is 0 Å². The molecule has 1 amide bonds. The van der Waals surface area contributed by atoms with Gasteiger partial charge >= 0.3 is 5.97 Å². The molecule has 1 fully saturated rings. The number of hydrogen-bond acceptors (Lipinski definition) is 8. The highest BCUT2D eigenvalue weighted by atomic mass is 32.2. The molecule has 194 valence electrons. The Morgan fingerprint density at radius 2 is 1.86 bits per heavy atom. The zero-order valence-electron chi connectivity index (χ0n) is 20.2. The van der Waals surface area contributed by atoms with E-state index in [0.29, 0.717) is 22.8 Å². The first-order valence-corrected chi connectivity index (χ1v) is 14.3. The molecule has 2 aliphatic rings. The van der Waals surface area contributed by atoms with Gasteiger partial charge in [0.2, 0.25) is 0 Å². The van der Waals surface area contributed by atoms with Crippen LogP contribution < -0.4 is 5.43 Å². The van der Waals surface area contributed by atoms with Gasteiger partial charge in [0.15, 0.2) is 6.61 Å². The van der Waals surface area contributed by atoms with Crippen molar-refractivity contribution >= 4 is 38.9 Å². The molecule has 0 spiro atoms. The van der Waals surface area contributed by atoms with Crippen LogP contribution >= 0.6 is 11.3 Å². The molecule has 0 radical (unpaired) electrons. The smallest absolute Gasteiger partial charge is 0.309 e. The highest BCUT2D eigenvalue weighted by Gasteiger charge is 2.35. The number of aryl methyl sites for hydroxylation is 1. The van der Waals surface area contributed by atoms with Gasteiger partial charge in [-0.1, -0.05) is 35.9 Å². The third-order valence-electron chi connectivity index (χ3n) is 6.52. The quantitative estimate of drug-likeness (QED) is 0.454. The zero-order chi connectivity index (χ0) is 26.0. The molecule has 4 heterocycles. The molecule has 11 heteroatoms. The Morgan fingerprint density at radius 3 is 2.51 bits per heavy atom. The lowest BCUT2D eigenvalue weighted by Crippen LogP contribution is -2.43. The third kappa shape index (κ3) is 5.34. The maximum atomic E-state index is 13.1. The lowest BCUT2D eigenvalue weighted by atomic mass is 9.98. The van der Waals surface area contributed by atoms with Crippen molar-refractivity contribution in [3.05, 3.63) is 83.1 Å². The summed E-state index contributed by atoms with van der Waals surface area (Å²) in [7, 11) is -3.55. The van der Waals surface area contributed by atoms with E-state index < -0.39 is 40.5 Å². The maximum absolute atomic E-state index is 13.1. The van der Waals surface area contributed by atoms with Gasteiger partial charge in [-0.3, -0.25) is 15.0 Å². The Labute approximate surface area is 219 Å². The van der Waals surface area contributed by atoms with Crippen molar-refractivity contribution in [2.45, 2.75) is 30.0 Å². The number of carbonyl (C=O) groups excluding carboxylic acids is 2. The van der Waals surface area contributed by atoms with E-state index >= 15 is 0 Å². The molecule has 3 aromatic rings. The van der Waals surface area contributed by atoms with E-state index in [-0.39, 0.29) is 13.1 Å². The summed E-state index contributed by atoms with van der Waals surface area (Å²) in [5, 5.41) is 3.12. The Kier molecular flexibility index (Phi) is 7.18. The van der Waals surface area contributed by atoms with Crippen molar-refractivity contribution in [1.82, 2.24) is 14.7 Å². The molecule has 1 atom stereocenters. The highest BCUT2D eigenvalue weighted by molar-refractivity contribution is 7.91. The minimum atomic E-state index is -3.55. The Morgan fingerprint density at radius 1 is 1.11 bits per heavy atom. The second-order valence-electron chi connectivity index (χ2n) is 9.00. The summed E-state index contributed by atoms with van der Waals surface area (Å²) in [6, 6.07) is 14.2. The van der Waals surface area contributed by atoms with Crippen LogP contribution in [-0.4, -0.2) is 49.3 Å². The van der Waals surface area contributed by atoms with Gasteiger partial charge in [-0.05, 0) is 55.0 Å². The first-order chi connectivity index (χ1) is 17.8. The third-order valence-corrected chi connectivity index (χ3v) is 9.80. The van der Waals surface area contributed by atoms with Crippen LogP contribution in [0, 0.1) is 12.8 Å². The number of sulfonamides is 1. The maximum Gasteiger partial charge on any atom is 0.309 e. The van der Waals surface area contributed by atoms with Crippen LogP contribution in [0.1, 0.15) is 35.8 Å². The van der Waals surface area contributed by atoms with Crippen LogP contribution in [0.4, 0.5) is 0 Å². The average Bonchev–Trinajstić information content (AvgIpc) is 3.69. The monoisotopic (exact) mass is 541 g/mol. The fourth-order valence-electron chi connectivity index (χ4n) is 4.44. The number of rotatable bonds is 7. The van der Waals surface area contributed by atoms with E-state index in [1.54, 1.807) is 35.9 Å². The minimum Gasteiger partial charge on any atom is -0.467 e. The Hall–Kier alpha value is -3.41. The van der Waals surface area contributed by atoms with E-state index in [9.17, 15) is 18.0 Å². The van der Waals surface area contributed by atoms with Crippen LogP contribution in [0.2, 0.25) is 0 Å². The molecular formula is C26H27N3O6S2. The summed E-state index contributed by atoms with van der Waals surface area (Å²) < 4.78 is 38.0. The van der Waals surface area contributed by atoms with Gasteiger partial charge in [0.25, 0.3) is 15.9 Å². The molecule has 1 saturated heterocycles. The number of benzene rings is 1. The number of esters is 1. The summed E-state index contributed by atoms with van der Waals surface area (Å²) in [5.74, 6) is -0.808. The van der Waals surface area contributed by atoms with Gasteiger partial charge in [0, 0.05) is 13.1 Å². The fraction of sp³-hybridized carbons (Fsp3) is 0.308. The van der Waals surface area contributed by atoms with E-state index in [2.05, 4.69) is 5.43 Å². The number of carbonyl (C=O) groups is 2. The molecule has 9 nitrogen and oxygen atoms in total. The second kappa shape index (κ2) is 10.5. The number of ether oxygens (including phenoxy) is 1. The molecule has 5 rings (SSSR count). The van der Waals surface area contributed by atoms with Crippen molar-refractivity contribution in [3.63, 3.8) is 0 Å². The van der Waals surface area contributed by atoms with E-state index in [1.807, 2.05) is 37.3 Å². The molecule has 2 aromatic heterocycles. The molecule has 1 N–H and O–H groups in total. The van der Waals surface area contributed by atoms with E-state index in [1.165, 1.54) is 20.7 Å². The molecule has 37 heavy (non-hydrogen) atoms. The van der Waals surface area contributed by atoms with Gasteiger partial charge in [0.05, 0.1) is 17.9 Å². The number of thiophene rings is 1. The normalized spacial score (nSPS) is 18.9. The summed E-state index contributed by atoms with van der Waals surface area (Å²) in [6.07, 6.45) is 4.12. The van der Waals surface area contributed by atoms with Gasteiger partial charge < -0.3 is 9.15 Å². The number of hydrogen-bond donors (Lipinski definition) is 1. The van der Waals surface area contributed by atoms with Gasteiger partial charge in [0.1, 0.15) is 16.0 Å². The SMILES string of the molecule is Cc1ccc(C2=C[C@@H](c3ccco3)N(C(=O)COC(=O)C3CCN(S(=O)(=O)c4cccs4)CC3)N2)cc1. The van der Waals surface area contributed by atoms with Gasteiger partial charge in [-0.25, -0.2) is 13.4 Å². The number of amides is 1. The average molecular weight is 542 g/mol. The molecule has 1 aromatic carbocycles. The minimum absolute atomic E-state index is 0.228. The largest absolute Gasteiger partial charge is 0.467 e. The van der Waals surface area contributed by atoms with Crippen molar-refractivity contribution in [2.24, 2.45) is 5.92 Å². The first-order valence-electron chi connectivity index (χ1n) is 11.9. The van der Waals surface area contributed by atoms with Gasteiger partial charge in [-0.15, -0.1) is 11.3 Å². The number of nitrogens with one attached hydrogen (secondary N) is 1. The molecule has 0 bridgehead atoms. The summed E-state index contributed by atoms with van der Waals surface area (Å²) in [5.41, 5.74) is 5.92. The first kappa shape index (κ1) is 25.2. The predicted molar refractivity (Wildman–Crippen MR) is 137 cm³/mol. The van der Waals surface area contributed by atoms with Crippen LogP contribution in [0.15, 0.2) is 74.9 Å². The van der Waals surface area contributed by atoms with Crippen molar-refractivity contribution in [2.75, 3.05) is 19.7 Å². The second-order valence-corrected chi connectivity index (χ2v) is 12.1. The van der Waals surface area contributed by atoms with E-state index in [0.717, 1.165) is 16.8 Å². The Balaban J connectivity index is 1.18. The topological polar surface area (TPSA) is 109 Å². The highest BCUT2D eigenvalue weighted by Crippen LogP contribution is 2.32. The summed E-state index contributed by atoms with van der Waals surface area (Å²) in [6.45, 7) is 2.02. The van der Waals surface area contributed by atoms with Gasteiger partial charge in [-0.2, -0.15) is 4.31 Å². The lowest BCUT2D eigenvalue weighted by Gasteiger charge is -2.30. The van der Waals surface area contributed by atoms with E-state index in [4.69, 9.17) is 9.15 Å². The zero-order valence-corrected chi connectivity index (χ0v) is 21.8. The van der Waals surface area contributed by atoms with Crippen LogP contribution in [0.5, 0.6) is 0 Å². The summed E-state index contributed by atoms with van der Waals surface area (Å²) in [4.78, 5) is 25.8. The van der Waals surface area contributed by atoms with Crippen LogP contribution in [-0.2, 0) is 24.3 Å². The van der Waals surface area contributed by atoms with Crippen LogP contribution in [0.3, 0.4) is 0 Å². The standard InChI is InChI=1S/C26H27N3O6S2/c1-18-6-8-19(9-7-18)21-16-22(23-4-2-14-34-23)29(27-21)24(30)17-35-26(31)20-10-12-28(13-11-20)37(32,33)25-5-3-15-36-25/h2-9,14-16,20,22,27H,10-13,17H2,1H3/t22-/m0/s1. The number of furan rings is 1. The molecular weight excluding hydrogens is 514 g/mol. The number of nitrogens with zero attached hydrogens (tertiary/aromatic N) is 2. The molecule has 0 aliphatic carbocycles.